The number of hydrogen-bond acceptors (Lipinski definition) is 5. The Balaban J connectivity index is 2.31. The summed E-state index contributed by atoms with van der Waals surface area (Å²) in [5.41, 5.74) is 0.00600. The van der Waals surface area contributed by atoms with E-state index in [1.54, 1.807) is 24.3 Å². The van der Waals surface area contributed by atoms with Crippen molar-refractivity contribution in [3.63, 3.8) is 0 Å². The number of benzene rings is 2. The van der Waals surface area contributed by atoms with Crippen LogP contribution in [0.5, 0.6) is 0 Å². The van der Waals surface area contributed by atoms with Gasteiger partial charge in [0, 0.05) is 9.64 Å². The number of carboxylic acid groups (broad SMARTS) is 1. The summed E-state index contributed by atoms with van der Waals surface area (Å²) in [6.45, 7) is 0. The quantitative estimate of drug-likeness (QED) is 0.359. The summed E-state index contributed by atoms with van der Waals surface area (Å²) < 4.78 is 27.9. The number of carbonyl (C=O) groups is 1. The van der Waals surface area contributed by atoms with Crippen molar-refractivity contribution in [3.05, 3.63) is 67.8 Å². The van der Waals surface area contributed by atoms with E-state index < -0.39 is 37.5 Å². The van der Waals surface area contributed by atoms with E-state index in [1.165, 1.54) is 12.1 Å². The monoisotopic (exact) mass is 476 g/mol. The van der Waals surface area contributed by atoms with Crippen LogP contribution in [0.2, 0.25) is 0 Å². The molecule has 0 amide bonds. The van der Waals surface area contributed by atoms with Crippen LogP contribution >= 0.6 is 22.6 Å². The number of halogens is 1. The standard InChI is InChI=1S/C15H13IN2O6S/c16-11-7-5-10(6-8-11)9-12(15(19)20)17-25(23,24)14-4-2-1-3-13(14)18(21)22/h1-8,12,17H,9H2,(H,19,20)/t12-/m0/s1. The number of carboxylic acids is 1. The fourth-order valence-corrected chi connectivity index (χ4v) is 3.84. The fraction of sp³-hybridized carbons (Fsp3) is 0.133. The normalized spacial score (nSPS) is 12.5. The van der Waals surface area contributed by atoms with Crippen molar-refractivity contribution in [2.45, 2.75) is 17.4 Å². The van der Waals surface area contributed by atoms with Gasteiger partial charge in [0.15, 0.2) is 4.90 Å². The van der Waals surface area contributed by atoms with Gasteiger partial charge in [-0.15, -0.1) is 0 Å². The van der Waals surface area contributed by atoms with E-state index in [0.29, 0.717) is 5.56 Å². The average molecular weight is 476 g/mol. The second-order valence-electron chi connectivity index (χ2n) is 5.07. The molecular weight excluding hydrogens is 463 g/mol. The summed E-state index contributed by atoms with van der Waals surface area (Å²) in [5.74, 6) is -1.37. The molecule has 132 valence electrons. The van der Waals surface area contributed by atoms with Crippen LogP contribution in [0.4, 0.5) is 5.69 Å². The lowest BCUT2D eigenvalue weighted by Crippen LogP contribution is -2.42. The molecule has 2 N–H and O–H groups in total. The van der Waals surface area contributed by atoms with Gasteiger partial charge in [-0.3, -0.25) is 14.9 Å². The second-order valence-corrected chi connectivity index (χ2v) is 8.00. The summed E-state index contributed by atoms with van der Waals surface area (Å²) in [4.78, 5) is 21.0. The molecule has 1 atom stereocenters. The highest BCUT2D eigenvalue weighted by atomic mass is 127. The molecule has 0 aliphatic carbocycles. The molecule has 0 aliphatic heterocycles. The summed E-state index contributed by atoms with van der Waals surface area (Å²) in [5, 5.41) is 20.3. The highest BCUT2D eigenvalue weighted by Gasteiger charge is 2.30. The van der Waals surface area contributed by atoms with Crippen molar-refractivity contribution >= 4 is 44.3 Å². The van der Waals surface area contributed by atoms with Crippen molar-refractivity contribution in [2.75, 3.05) is 0 Å². The lowest BCUT2D eigenvalue weighted by atomic mass is 10.1. The number of rotatable bonds is 7. The van der Waals surface area contributed by atoms with Gasteiger partial charge in [0.25, 0.3) is 5.69 Å². The van der Waals surface area contributed by atoms with E-state index in [-0.39, 0.29) is 6.42 Å². The van der Waals surface area contributed by atoms with E-state index in [2.05, 4.69) is 22.6 Å². The van der Waals surface area contributed by atoms with Gasteiger partial charge in [0.2, 0.25) is 10.0 Å². The first-order valence-corrected chi connectivity index (χ1v) is 9.50. The van der Waals surface area contributed by atoms with Gasteiger partial charge >= 0.3 is 5.97 Å². The van der Waals surface area contributed by atoms with Gasteiger partial charge in [-0.1, -0.05) is 24.3 Å². The Labute approximate surface area is 157 Å². The van der Waals surface area contributed by atoms with Crippen LogP contribution in [0, 0.1) is 13.7 Å². The highest BCUT2D eigenvalue weighted by molar-refractivity contribution is 14.1. The molecule has 0 saturated carbocycles. The fourth-order valence-electron chi connectivity index (χ4n) is 2.12. The molecule has 2 rings (SSSR count). The maximum Gasteiger partial charge on any atom is 0.322 e. The summed E-state index contributed by atoms with van der Waals surface area (Å²) in [6.07, 6.45) is -0.0912. The lowest BCUT2D eigenvalue weighted by Gasteiger charge is -2.15. The van der Waals surface area contributed by atoms with Crippen LogP contribution in [0.1, 0.15) is 5.56 Å². The van der Waals surface area contributed by atoms with E-state index in [9.17, 15) is 28.4 Å². The molecule has 10 heteroatoms. The molecule has 0 unspecified atom stereocenters. The van der Waals surface area contributed by atoms with Crippen molar-refractivity contribution in [1.82, 2.24) is 4.72 Å². The molecule has 0 fully saturated rings. The summed E-state index contributed by atoms with van der Waals surface area (Å²) in [7, 11) is -4.38. The van der Waals surface area contributed by atoms with Gasteiger partial charge in [0.1, 0.15) is 6.04 Å². The van der Waals surface area contributed by atoms with Crippen molar-refractivity contribution in [2.24, 2.45) is 0 Å². The Kier molecular flexibility index (Phi) is 6.08. The summed E-state index contributed by atoms with van der Waals surface area (Å²) in [6, 6.07) is 10.2. The van der Waals surface area contributed by atoms with Crippen molar-refractivity contribution < 1.29 is 23.2 Å². The third-order valence-electron chi connectivity index (χ3n) is 3.30. The van der Waals surface area contributed by atoms with Crippen LogP contribution in [0.15, 0.2) is 53.4 Å². The van der Waals surface area contributed by atoms with Crippen LogP contribution in [0.3, 0.4) is 0 Å². The molecule has 0 aliphatic rings. The van der Waals surface area contributed by atoms with Gasteiger partial charge in [0.05, 0.1) is 4.92 Å². The van der Waals surface area contributed by atoms with E-state index in [0.717, 1.165) is 15.7 Å². The zero-order valence-corrected chi connectivity index (χ0v) is 15.6. The van der Waals surface area contributed by atoms with Crippen molar-refractivity contribution in [3.8, 4) is 0 Å². The third-order valence-corrected chi connectivity index (χ3v) is 5.54. The minimum absolute atomic E-state index is 0.0912. The average Bonchev–Trinajstić information content (AvgIpc) is 2.56. The molecule has 2 aromatic rings. The van der Waals surface area contributed by atoms with E-state index in [1.807, 2.05) is 4.72 Å². The Morgan fingerprint density at radius 3 is 2.36 bits per heavy atom. The largest absolute Gasteiger partial charge is 0.480 e. The molecule has 0 radical (unpaired) electrons. The number of nitrogens with zero attached hydrogens (tertiary/aromatic N) is 1. The van der Waals surface area contributed by atoms with Gasteiger partial charge in [-0.2, -0.15) is 4.72 Å². The van der Waals surface area contributed by atoms with E-state index in [4.69, 9.17) is 0 Å². The zero-order chi connectivity index (χ0) is 18.6. The lowest BCUT2D eigenvalue weighted by molar-refractivity contribution is -0.387. The van der Waals surface area contributed by atoms with E-state index >= 15 is 0 Å². The number of nitrogens with one attached hydrogen (secondary N) is 1. The Hall–Kier alpha value is -2.05. The number of nitro benzene ring substituents is 1. The number of aliphatic carboxylic acids is 1. The van der Waals surface area contributed by atoms with Crippen LogP contribution in [0.25, 0.3) is 0 Å². The smallest absolute Gasteiger partial charge is 0.322 e. The minimum Gasteiger partial charge on any atom is -0.480 e. The molecule has 0 bridgehead atoms. The molecule has 0 spiro atoms. The van der Waals surface area contributed by atoms with Gasteiger partial charge in [-0.25, -0.2) is 8.42 Å². The Morgan fingerprint density at radius 1 is 1.20 bits per heavy atom. The van der Waals surface area contributed by atoms with Crippen LogP contribution in [-0.2, 0) is 21.2 Å². The molecule has 2 aromatic carbocycles. The SMILES string of the molecule is O=C(O)[C@H](Cc1ccc(I)cc1)NS(=O)(=O)c1ccccc1[N+](=O)[O-]. The molecule has 8 nitrogen and oxygen atoms in total. The van der Waals surface area contributed by atoms with Crippen molar-refractivity contribution in [1.29, 1.82) is 0 Å². The molecular formula is C15H13IN2O6S. The Bertz CT molecular complexity index is 898. The predicted molar refractivity (Wildman–Crippen MR) is 97.7 cm³/mol. The molecule has 0 heterocycles. The Morgan fingerprint density at radius 2 is 1.80 bits per heavy atom. The van der Waals surface area contributed by atoms with Gasteiger partial charge in [-0.05, 0) is 52.8 Å². The minimum atomic E-state index is -4.38. The third kappa shape index (κ3) is 4.96. The second kappa shape index (κ2) is 7.89. The first-order chi connectivity index (χ1) is 11.7. The molecule has 0 saturated heterocycles. The first kappa shape index (κ1) is 19.3. The highest BCUT2D eigenvalue weighted by Crippen LogP contribution is 2.23. The number of hydrogen-bond donors (Lipinski definition) is 2. The zero-order valence-electron chi connectivity index (χ0n) is 12.6. The maximum absolute atomic E-state index is 12.4. The number of para-hydroxylation sites is 1. The van der Waals surface area contributed by atoms with Gasteiger partial charge < -0.3 is 5.11 Å². The summed E-state index contributed by atoms with van der Waals surface area (Å²) >= 11 is 2.09. The number of nitro groups is 1. The molecule has 25 heavy (non-hydrogen) atoms. The van der Waals surface area contributed by atoms with Crippen LogP contribution < -0.4 is 4.72 Å². The maximum atomic E-state index is 12.4. The first-order valence-electron chi connectivity index (χ1n) is 6.93. The molecule has 0 aromatic heterocycles. The topological polar surface area (TPSA) is 127 Å². The van der Waals surface area contributed by atoms with Crippen LogP contribution in [-0.4, -0.2) is 30.5 Å². The predicted octanol–water partition coefficient (Wildman–Crippen LogP) is 2.17. The number of sulfonamides is 1.